The summed E-state index contributed by atoms with van der Waals surface area (Å²) in [5, 5.41) is 2.81. The molecule has 168 valence electrons. The summed E-state index contributed by atoms with van der Waals surface area (Å²) in [6.07, 6.45) is 1.36. The highest BCUT2D eigenvalue weighted by atomic mass is 19.1. The van der Waals surface area contributed by atoms with Crippen LogP contribution in [-0.2, 0) is 29.2 Å². The number of fused-ring (bicyclic) bond motifs is 3. The number of amides is 1. The van der Waals surface area contributed by atoms with E-state index in [4.69, 9.17) is 15.2 Å². The molecule has 0 bridgehead atoms. The first-order valence-electron chi connectivity index (χ1n) is 10.4. The molecule has 0 radical (unpaired) electrons. The quantitative estimate of drug-likeness (QED) is 0.484. The number of halogens is 1. The Bertz CT molecular complexity index is 1400. The zero-order chi connectivity index (χ0) is 23.1. The number of benzene rings is 2. The molecule has 1 aliphatic rings. The number of nitrogens with two attached hydrogens (primary N) is 1. The Kier molecular flexibility index (Phi) is 5.18. The second kappa shape index (κ2) is 8.18. The van der Waals surface area contributed by atoms with Crippen LogP contribution in [0.3, 0.4) is 0 Å². The van der Waals surface area contributed by atoms with Gasteiger partial charge in [-0.25, -0.2) is 14.4 Å². The molecule has 8 nitrogen and oxygen atoms in total. The van der Waals surface area contributed by atoms with Crippen molar-refractivity contribution in [2.24, 2.45) is 0 Å². The van der Waals surface area contributed by atoms with E-state index in [1.165, 1.54) is 19.5 Å². The molecule has 0 unspecified atom stereocenters. The maximum absolute atomic E-state index is 14.1. The van der Waals surface area contributed by atoms with E-state index < -0.39 is 5.82 Å². The van der Waals surface area contributed by atoms with Gasteiger partial charge in [0.1, 0.15) is 28.9 Å². The number of anilines is 2. The fraction of sp³-hybridized carbons (Fsp3) is 0.208. The number of carbonyl (C=O) groups excluding carboxylic acids is 1. The molecule has 0 aliphatic carbocycles. The van der Waals surface area contributed by atoms with Crippen LogP contribution in [0.4, 0.5) is 15.9 Å². The number of hydrogen-bond acceptors (Lipinski definition) is 6. The van der Waals surface area contributed by atoms with Gasteiger partial charge in [0.15, 0.2) is 5.82 Å². The largest absolute Gasteiger partial charge is 0.494 e. The highest BCUT2D eigenvalue weighted by molar-refractivity contribution is 5.94. The second-order valence-corrected chi connectivity index (χ2v) is 7.91. The van der Waals surface area contributed by atoms with E-state index >= 15 is 0 Å². The number of ether oxygens (including phenoxy) is 2. The highest BCUT2D eigenvalue weighted by Gasteiger charge is 2.26. The van der Waals surface area contributed by atoms with Gasteiger partial charge in [-0.15, -0.1) is 0 Å². The lowest BCUT2D eigenvalue weighted by Crippen LogP contribution is -2.16. The van der Waals surface area contributed by atoms with Crippen LogP contribution in [-0.4, -0.2) is 27.6 Å². The van der Waals surface area contributed by atoms with Crippen LogP contribution in [0.5, 0.6) is 5.75 Å². The molecule has 0 fully saturated rings. The Morgan fingerprint density at radius 1 is 1.24 bits per heavy atom. The number of nitrogens with zero attached hydrogens (tertiary/aromatic N) is 3. The molecule has 2 aromatic carbocycles. The van der Waals surface area contributed by atoms with Crippen molar-refractivity contribution in [3.05, 3.63) is 70.9 Å². The molecule has 0 spiro atoms. The van der Waals surface area contributed by atoms with Gasteiger partial charge in [-0.1, -0.05) is 12.1 Å². The molecule has 0 saturated heterocycles. The van der Waals surface area contributed by atoms with Crippen LogP contribution in [0.2, 0.25) is 0 Å². The lowest BCUT2D eigenvalue weighted by Gasteiger charge is -2.15. The van der Waals surface area contributed by atoms with Crippen LogP contribution >= 0.6 is 0 Å². The van der Waals surface area contributed by atoms with E-state index in [1.54, 1.807) is 31.2 Å². The number of nitrogens with one attached hydrogen (secondary N) is 1. The molecule has 3 heterocycles. The molecule has 1 amide bonds. The minimum atomic E-state index is -0.400. The molecule has 2 aromatic heterocycles. The van der Waals surface area contributed by atoms with E-state index in [-0.39, 0.29) is 12.3 Å². The molecule has 5 rings (SSSR count). The van der Waals surface area contributed by atoms with Crippen molar-refractivity contribution in [1.82, 2.24) is 14.5 Å². The number of hydrogen-bond donors (Lipinski definition) is 2. The zero-order valence-electron chi connectivity index (χ0n) is 18.2. The summed E-state index contributed by atoms with van der Waals surface area (Å²) in [6.45, 7) is 2.68. The second-order valence-electron chi connectivity index (χ2n) is 7.91. The lowest BCUT2D eigenvalue weighted by atomic mass is 10.1. The Balaban J connectivity index is 1.48. The standard InChI is InChI=1S/C24H22FN5O3/c1-13-3-4-14(17(25)7-13)8-21(31)29-18-6-5-15(9-20(18)32-2)30-19-11-33-10-16(19)22-23(30)24(26)28-12-27-22/h3-7,9,12H,8,10-11H2,1-2H3,(H,29,31)(H2,26,27,28). The fourth-order valence-corrected chi connectivity index (χ4v) is 4.16. The highest BCUT2D eigenvalue weighted by Crippen LogP contribution is 2.37. The van der Waals surface area contributed by atoms with Crippen molar-refractivity contribution in [2.45, 2.75) is 26.6 Å². The summed E-state index contributed by atoms with van der Waals surface area (Å²) in [7, 11) is 1.52. The number of nitrogen functional groups attached to an aromatic ring is 1. The number of rotatable bonds is 5. The molecule has 9 heteroatoms. The van der Waals surface area contributed by atoms with Crippen molar-refractivity contribution < 1.29 is 18.7 Å². The third-order valence-corrected chi connectivity index (χ3v) is 5.74. The van der Waals surface area contributed by atoms with Crippen molar-refractivity contribution in [2.75, 3.05) is 18.2 Å². The molecule has 0 atom stereocenters. The van der Waals surface area contributed by atoms with Gasteiger partial charge in [0.25, 0.3) is 0 Å². The maximum Gasteiger partial charge on any atom is 0.229 e. The Morgan fingerprint density at radius 3 is 2.88 bits per heavy atom. The molecule has 0 saturated carbocycles. The van der Waals surface area contributed by atoms with Gasteiger partial charge < -0.3 is 25.1 Å². The Hall–Kier alpha value is -3.98. The van der Waals surface area contributed by atoms with Crippen molar-refractivity contribution in [3.63, 3.8) is 0 Å². The van der Waals surface area contributed by atoms with Crippen LogP contribution in [0, 0.1) is 12.7 Å². The molecule has 4 aromatic rings. The van der Waals surface area contributed by atoms with Gasteiger partial charge >= 0.3 is 0 Å². The van der Waals surface area contributed by atoms with Crippen LogP contribution in [0.25, 0.3) is 16.7 Å². The number of carbonyl (C=O) groups is 1. The average molecular weight is 447 g/mol. The number of aryl methyl sites for hydroxylation is 1. The number of methoxy groups -OCH3 is 1. The molecule has 1 aliphatic heterocycles. The minimum absolute atomic E-state index is 0.0853. The topological polar surface area (TPSA) is 104 Å². The van der Waals surface area contributed by atoms with Crippen LogP contribution < -0.4 is 15.8 Å². The van der Waals surface area contributed by atoms with Crippen molar-refractivity contribution in [1.29, 1.82) is 0 Å². The third-order valence-electron chi connectivity index (χ3n) is 5.74. The van der Waals surface area contributed by atoms with E-state index in [9.17, 15) is 9.18 Å². The predicted molar refractivity (Wildman–Crippen MR) is 122 cm³/mol. The summed E-state index contributed by atoms with van der Waals surface area (Å²) in [5.74, 6) is 0.0750. The van der Waals surface area contributed by atoms with E-state index in [1.807, 2.05) is 10.6 Å². The summed E-state index contributed by atoms with van der Waals surface area (Å²) in [6, 6.07) is 10.2. The van der Waals surface area contributed by atoms with E-state index in [0.29, 0.717) is 41.5 Å². The van der Waals surface area contributed by atoms with Gasteiger partial charge in [-0.2, -0.15) is 0 Å². The summed E-state index contributed by atoms with van der Waals surface area (Å²) >= 11 is 0. The number of aromatic nitrogens is 3. The lowest BCUT2D eigenvalue weighted by molar-refractivity contribution is -0.115. The van der Waals surface area contributed by atoms with Gasteiger partial charge in [-0.3, -0.25) is 4.79 Å². The summed E-state index contributed by atoms with van der Waals surface area (Å²) in [4.78, 5) is 21.1. The van der Waals surface area contributed by atoms with Crippen LogP contribution in [0.1, 0.15) is 22.4 Å². The van der Waals surface area contributed by atoms with E-state index in [0.717, 1.165) is 28.0 Å². The molecular formula is C24H22FN5O3. The van der Waals surface area contributed by atoms with Crippen LogP contribution in [0.15, 0.2) is 42.7 Å². The fourth-order valence-electron chi connectivity index (χ4n) is 4.16. The zero-order valence-corrected chi connectivity index (χ0v) is 18.2. The van der Waals surface area contributed by atoms with Crippen molar-refractivity contribution in [3.8, 4) is 11.4 Å². The normalized spacial score (nSPS) is 12.7. The van der Waals surface area contributed by atoms with Crippen molar-refractivity contribution >= 4 is 28.4 Å². The van der Waals surface area contributed by atoms with Gasteiger partial charge in [0, 0.05) is 17.3 Å². The summed E-state index contributed by atoms with van der Waals surface area (Å²) < 4.78 is 27.3. The first-order valence-corrected chi connectivity index (χ1v) is 10.4. The Labute approximate surface area is 189 Å². The first-order chi connectivity index (χ1) is 16.0. The molecule has 3 N–H and O–H groups in total. The molecular weight excluding hydrogens is 425 g/mol. The third kappa shape index (κ3) is 3.66. The van der Waals surface area contributed by atoms with Gasteiger partial charge in [0.2, 0.25) is 5.91 Å². The molecule has 33 heavy (non-hydrogen) atoms. The first kappa shape index (κ1) is 20.9. The average Bonchev–Trinajstić information content (AvgIpc) is 3.38. The van der Waals surface area contributed by atoms with E-state index in [2.05, 4.69) is 15.3 Å². The monoisotopic (exact) mass is 447 g/mol. The maximum atomic E-state index is 14.1. The smallest absolute Gasteiger partial charge is 0.229 e. The predicted octanol–water partition coefficient (Wildman–Crippen LogP) is 3.67. The SMILES string of the molecule is COc1cc(-n2c3c(c4ncnc(N)c42)COC3)ccc1NC(=O)Cc1ccc(C)cc1F. The Morgan fingerprint density at radius 2 is 2.09 bits per heavy atom. The van der Waals surface area contributed by atoms with Gasteiger partial charge in [-0.05, 0) is 36.2 Å². The summed E-state index contributed by atoms with van der Waals surface area (Å²) in [5.41, 5.74) is 12.0. The minimum Gasteiger partial charge on any atom is -0.494 e. The van der Waals surface area contributed by atoms with Gasteiger partial charge in [0.05, 0.1) is 38.1 Å².